The first-order chi connectivity index (χ1) is 9.15. The molecule has 0 aliphatic rings. The quantitative estimate of drug-likeness (QED) is 0.731. The Morgan fingerprint density at radius 2 is 2.37 bits per heavy atom. The molecule has 5 heteroatoms. The molecule has 0 saturated heterocycles. The lowest BCUT2D eigenvalue weighted by Crippen LogP contribution is -2.08. The van der Waals surface area contributed by atoms with Crippen LogP contribution in [0.1, 0.15) is 24.1 Å². The molecule has 0 aliphatic heterocycles. The number of hydrogen-bond donors (Lipinski definition) is 1. The van der Waals surface area contributed by atoms with Crippen LogP contribution in [0.2, 0.25) is 0 Å². The monoisotopic (exact) mass is 289 g/mol. The molecular weight excluding hydrogens is 274 g/mol. The van der Waals surface area contributed by atoms with Crippen LogP contribution in [-0.4, -0.2) is 14.5 Å². The summed E-state index contributed by atoms with van der Waals surface area (Å²) in [7, 11) is 0. The number of thiophene rings is 1. The molecule has 1 atom stereocenters. The molecule has 0 bridgehead atoms. The summed E-state index contributed by atoms with van der Waals surface area (Å²) in [6, 6.07) is 4.55. The molecule has 3 aromatic heterocycles. The second-order valence-corrected chi connectivity index (χ2v) is 6.04. The van der Waals surface area contributed by atoms with Gasteiger partial charge in [-0.05, 0) is 66.5 Å². The van der Waals surface area contributed by atoms with Gasteiger partial charge in [-0.1, -0.05) is 0 Å². The fourth-order valence-electron chi connectivity index (χ4n) is 2.37. The number of aromatic amines is 1. The van der Waals surface area contributed by atoms with Crippen molar-refractivity contribution in [2.24, 2.45) is 0 Å². The van der Waals surface area contributed by atoms with E-state index in [2.05, 4.69) is 44.4 Å². The smallest absolute Gasteiger partial charge is 0.179 e. The minimum atomic E-state index is 0.297. The van der Waals surface area contributed by atoms with E-state index in [1.165, 1.54) is 5.56 Å². The normalized spacial score (nSPS) is 12.9. The molecule has 0 spiro atoms. The molecule has 3 aromatic rings. The minimum Gasteiger partial charge on any atom is -0.329 e. The van der Waals surface area contributed by atoms with Crippen LogP contribution in [0.15, 0.2) is 29.1 Å². The zero-order valence-electron chi connectivity index (χ0n) is 10.9. The average molecular weight is 289 g/mol. The van der Waals surface area contributed by atoms with Gasteiger partial charge in [0.1, 0.15) is 0 Å². The Bertz CT molecular complexity index is 753. The molecule has 0 aliphatic carbocycles. The number of H-pyrrole nitrogens is 1. The molecule has 3 heterocycles. The maximum atomic E-state index is 5.44. The third-order valence-electron chi connectivity index (χ3n) is 3.24. The van der Waals surface area contributed by atoms with Crippen LogP contribution in [0.5, 0.6) is 0 Å². The summed E-state index contributed by atoms with van der Waals surface area (Å²) >= 11 is 7.17. The molecular formula is C14H15N3S2. The van der Waals surface area contributed by atoms with Crippen LogP contribution in [0.3, 0.4) is 0 Å². The largest absolute Gasteiger partial charge is 0.329 e. The molecule has 0 amide bonds. The van der Waals surface area contributed by atoms with Crippen molar-refractivity contribution in [3.8, 4) is 0 Å². The highest BCUT2D eigenvalue weighted by molar-refractivity contribution is 7.71. The molecule has 19 heavy (non-hydrogen) atoms. The van der Waals surface area contributed by atoms with Gasteiger partial charge in [0.15, 0.2) is 10.4 Å². The minimum absolute atomic E-state index is 0.297. The number of aromatic nitrogens is 3. The number of hydrogen-bond acceptors (Lipinski definition) is 3. The Labute approximate surface area is 120 Å². The summed E-state index contributed by atoms with van der Waals surface area (Å²) in [5.41, 5.74) is 4.45. The van der Waals surface area contributed by atoms with Crippen molar-refractivity contribution in [2.75, 3.05) is 0 Å². The summed E-state index contributed by atoms with van der Waals surface area (Å²) < 4.78 is 2.86. The predicted molar refractivity (Wildman–Crippen MR) is 82.4 cm³/mol. The average Bonchev–Trinajstić information content (AvgIpc) is 2.95. The van der Waals surface area contributed by atoms with Crippen molar-refractivity contribution >= 4 is 34.7 Å². The van der Waals surface area contributed by atoms with E-state index in [9.17, 15) is 0 Å². The van der Waals surface area contributed by atoms with Gasteiger partial charge in [-0.15, -0.1) is 0 Å². The number of pyridine rings is 1. The van der Waals surface area contributed by atoms with E-state index in [0.29, 0.717) is 6.04 Å². The maximum Gasteiger partial charge on any atom is 0.179 e. The highest BCUT2D eigenvalue weighted by Gasteiger charge is 2.13. The van der Waals surface area contributed by atoms with Gasteiger partial charge in [0.2, 0.25) is 0 Å². The van der Waals surface area contributed by atoms with Gasteiger partial charge < -0.3 is 4.98 Å². The van der Waals surface area contributed by atoms with Gasteiger partial charge >= 0.3 is 0 Å². The fourth-order valence-corrected chi connectivity index (χ4v) is 3.43. The van der Waals surface area contributed by atoms with Crippen LogP contribution in [-0.2, 0) is 6.42 Å². The molecule has 98 valence electrons. The standard InChI is InChI=1S/C14H15N3S2/c1-9-5-12-13(15-7-9)17(14(18)16-12)10(2)6-11-3-4-19-8-11/h3-5,7-8,10H,6H2,1-2H3,(H,16,18). The van der Waals surface area contributed by atoms with E-state index in [1.807, 2.05) is 13.1 Å². The summed E-state index contributed by atoms with van der Waals surface area (Å²) in [4.78, 5) is 7.77. The number of nitrogens with one attached hydrogen (secondary N) is 1. The molecule has 0 radical (unpaired) electrons. The van der Waals surface area contributed by atoms with Crippen LogP contribution >= 0.6 is 23.6 Å². The van der Waals surface area contributed by atoms with Gasteiger partial charge in [-0.3, -0.25) is 4.57 Å². The van der Waals surface area contributed by atoms with Gasteiger partial charge in [-0.25, -0.2) is 4.98 Å². The first kappa shape index (κ1) is 12.6. The van der Waals surface area contributed by atoms with Gasteiger partial charge in [0.05, 0.1) is 5.52 Å². The number of rotatable bonds is 3. The Morgan fingerprint density at radius 3 is 3.11 bits per heavy atom. The summed E-state index contributed by atoms with van der Waals surface area (Å²) in [6.45, 7) is 4.22. The van der Waals surface area contributed by atoms with Crippen molar-refractivity contribution in [1.82, 2.24) is 14.5 Å². The predicted octanol–water partition coefficient (Wildman–Crippen LogP) is 4.27. The molecule has 0 fully saturated rings. The van der Waals surface area contributed by atoms with E-state index in [4.69, 9.17) is 12.2 Å². The highest BCUT2D eigenvalue weighted by Crippen LogP contribution is 2.22. The third kappa shape index (κ3) is 2.35. The van der Waals surface area contributed by atoms with Crippen LogP contribution in [0.4, 0.5) is 0 Å². The van der Waals surface area contributed by atoms with Crippen LogP contribution in [0, 0.1) is 11.7 Å². The van der Waals surface area contributed by atoms with Crippen LogP contribution < -0.4 is 0 Å². The van der Waals surface area contributed by atoms with Crippen molar-refractivity contribution < 1.29 is 0 Å². The van der Waals surface area contributed by atoms with E-state index in [0.717, 1.165) is 27.9 Å². The molecule has 1 N–H and O–H groups in total. The van der Waals surface area contributed by atoms with E-state index < -0.39 is 0 Å². The first-order valence-corrected chi connectivity index (χ1v) is 7.58. The highest BCUT2D eigenvalue weighted by atomic mass is 32.1. The molecule has 3 nitrogen and oxygen atoms in total. The Morgan fingerprint density at radius 1 is 1.53 bits per heavy atom. The van der Waals surface area contributed by atoms with E-state index in [-0.39, 0.29) is 0 Å². The van der Waals surface area contributed by atoms with Gasteiger partial charge in [0.25, 0.3) is 0 Å². The lowest BCUT2D eigenvalue weighted by Gasteiger charge is -2.13. The van der Waals surface area contributed by atoms with Crippen LogP contribution in [0.25, 0.3) is 11.2 Å². The second-order valence-electron chi connectivity index (χ2n) is 4.87. The van der Waals surface area contributed by atoms with Crippen molar-refractivity contribution in [3.05, 3.63) is 45.0 Å². The fraction of sp³-hybridized carbons (Fsp3) is 0.286. The number of imidazole rings is 1. The second kappa shape index (κ2) is 4.90. The SMILES string of the molecule is Cc1cnc2c(c1)[nH]c(=S)n2C(C)Cc1ccsc1. The Balaban J connectivity index is 2.04. The third-order valence-corrected chi connectivity index (χ3v) is 4.27. The Kier molecular flexibility index (Phi) is 3.24. The summed E-state index contributed by atoms with van der Waals surface area (Å²) in [5.74, 6) is 0. The molecule has 0 saturated carbocycles. The summed E-state index contributed by atoms with van der Waals surface area (Å²) in [6.07, 6.45) is 2.86. The zero-order chi connectivity index (χ0) is 13.4. The van der Waals surface area contributed by atoms with Crippen molar-refractivity contribution in [3.63, 3.8) is 0 Å². The topological polar surface area (TPSA) is 33.6 Å². The lowest BCUT2D eigenvalue weighted by atomic mass is 10.1. The van der Waals surface area contributed by atoms with Gasteiger partial charge in [-0.2, -0.15) is 11.3 Å². The molecule has 1 unspecified atom stereocenters. The van der Waals surface area contributed by atoms with E-state index >= 15 is 0 Å². The number of fused-ring (bicyclic) bond motifs is 1. The van der Waals surface area contributed by atoms with Crippen molar-refractivity contribution in [2.45, 2.75) is 26.3 Å². The van der Waals surface area contributed by atoms with Gasteiger partial charge in [0, 0.05) is 12.2 Å². The molecule has 3 rings (SSSR count). The number of aryl methyl sites for hydroxylation is 1. The van der Waals surface area contributed by atoms with E-state index in [1.54, 1.807) is 11.3 Å². The molecule has 0 aromatic carbocycles. The zero-order valence-corrected chi connectivity index (χ0v) is 12.5. The summed E-state index contributed by atoms with van der Waals surface area (Å²) in [5, 5.41) is 4.30. The first-order valence-electron chi connectivity index (χ1n) is 6.23. The lowest BCUT2D eigenvalue weighted by molar-refractivity contribution is 0.550. The number of nitrogens with zero attached hydrogens (tertiary/aromatic N) is 2. The van der Waals surface area contributed by atoms with Crippen molar-refractivity contribution in [1.29, 1.82) is 0 Å². The maximum absolute atomic E-state index is 5.44. The Hall–Kier alpha value is -1.46.